The van der Waals surface area contributed by atoms with Gasteiger partial charge in [-0.25, -0.2) is 0 Å². The molecule has 64 valence electrons. The Morgan fingerprint density at radius 1 is 1.55 bits per heavy atom. The van der Waals surface area contributed by atoms with Crippen molar-refractivity contribution in [2.24, 2.45) is 5.92 Å². The second-order valence-corrected chi connectivity index (χ2v) is 4.19. The van der Waals surface area contributed by atoms with Gasteiger partial charge in [-0.3, -0.25) is 4.90 Å². The molecule has 0 radical (unpaired) electrons. The molecular formula is C9H17NO. The van der Waals surface area contributed by atoms with Crippen molar-refractivity contribution in [3.63, 3.8) is 0 Å². The number of rotatable bonds is 2. The maximum atomic E-state index is 5.52. The fourth-order valence-electron chi connectivity index (χ4n) is 2.17. The van der Waals surface area contributed by atoms with Crippen LogP contribution >= 0.6 is 0 Å². The smallest absolute Gasteiger partial charge is 0.0718 e. The Bertz CT molecular complexity index is 146. The van der Waals surface area contributed by atoms with Crippen LogP contribution in [0.25, 0.3) is 0 Å². The van der Waals surface area contributed by atoms with Gasteiger partial charge in [0.1, 0.15) is 0 Å². The Morgan fingerprint density at radius 2 is 2.36 bits per heavy atom. The van der Waals surface area contributed by atoms with Crippen LogP contribution in [0.15, 0.2) is 0 Å². The average Bonchev–Trinajstić information content (AvgIpc) is 2.45. The third-order valence-electron chi connectivity index (χ3n) is 2.61. The minimum absolute atomic E-state index is 0.568. The van der Waals surface area contributed by atoms with E-state index in [4.69, 9.17) is 4.74 Å². The van der Waals surface area contributed by atoms with Gasteiger partial charge in [-0.05, 0) is 12.3 Å². The van der Waals surface area contributed by atoms with Crippen LogP contribution in [0.5, 0.6) is 0 Å². The highest BCUT2D eigenvalue weighted by molar-refractivity contribution is 4.91. The summed E-state index contributed by atoms with van der Waals surface area (Å²) in [5, 5.41) is 0. The summed E-state index contributed by atoms with van der Waals surface area (Å²) in [7, 11) is 0. The van der Waals surface area contributed by atoms with Crippen molar-refractivity contribution in [3.8, 4) is 0 Å². The summed E-state index contributed by atoms with van der Waals surface area (Å²) in [6.07, 6.45) is 1.85. The number of fused-ring (bicyclic) bond motifs is 2. The molecule has 0 amide bonds. The Hall–Kier alpha value is -0.0800. The highest BCUT2D eigenvalue weighted by atomic mass is 16.5. The molecule has 2 rings (SSSR count). The van der Waals surface area contributed by atoms with E-state index in [-0.39, 0.29) is 0 Å². The second kappa shape index (κ2) is 2.76. The lowest BCUT2D eigenvalue weighted by atomic mass is 10.2. The van der Waals surface area contributed by atoms with Crippen LogP contribution in [0.4, 0.5) is 0 Å². The summed E-state index contributed by atoms with van der Waals surface area (Å²) in [6, 6.07) is 0.752. The zero-order chi connectivity index (χ0) is 7.84. The van der Waals surface area contributed by atoms with Crippen LogP contribution in [-0.2, 0) is 4.74 Å². The van der Waals surface area contributed by atoms with Gasteiger partial charge in [0.25, 0.3) is 0 Å². The van der Waals surface area contributed by atoms with Crippen molar-refractivity contribution in [3.05, 3.63) is 0 Å². The molecule has 2 saturated heterocycles. The molecular weight excluding hydrogens is 138 g/mol. The first-order chi connectivity index (χ1) is 5.25. The number of morpholine rings is 1. The van der Waals surface area contributed by atoms with Crippen molar-refractivity contribution >= 4 is 0 Å². The Morgan fingerprint density at radius 3 is 2.82 bits per heavy atom. The molecule has 11 heavy (non-hydrogen) atoms. The Labute approximate surface area is 68.5 Å². The standard InChI is InChI=1S/C9H17NO/c1-7(2)4-10-5-9-3-8(10)6-11-9/h7-9H,3-6H2,1-2H3/t8-,9-/m1/s1. The van der Waals surface area contributed by atoms with E-state index < -0.39 is 0 Å². The van der Waals surface area contributed by atoms with Gasteiger partial charge in [0.2, 0.25) is 0 Å². The maximum Gasteiger partial charge on any atom is 0.0718 e. The summed E-state index contributed by atoms with van der Waals surface area (Å²) < 4.78 is 5.52. The van der Waals surface area contributed by atoms with E-state index in [0.29, 0.717) is 6.10 Å². The van der Waals surface area contributed by atoms with Crippen molar-refractivity contribution < 1.29 is 4.74 Å². The average molecular weight is 155 g/mol. The Kier molecular flexibility index (Phi) is 1.90. The third-order valence-corrected chi connectivity index (χ3v) is 2.61. The molecule has 2 aliphatic heterocycles. The van der Waals surface area contributed by atoms with E-state index in [0.717, 1.165) is 18.6 Å². The van der Waals surface area contributed by atoms with Crippen molar-refractivity contribution in [1.29, 1.82) is 0 Å². The summed E-state index contributed by atoms with van der Waals surface area (Å²) >= 11 is 0. The lowest BCUT2D eigenvalue weighted by molar-refractivity contribution is 0.0262. The van der Waals surface area contributed by atoms with Gasteiger partial charge in [-0.2, -0.15) is 0 Å². The van der Waals surface area contributed by atoms with Crippen LogP contribution in [0.2, 0.25) is 0 Å². The first-order valence-corrected chi connectivity index (χ1v) is 4.61. The van der Waals surface area contributed by atoms with Crippen LogP contribution in [0, 0.1) is 5.92 Å². The van der Waals surface area contributed by atoms with Gasteiger partial charge in [0.05, 0.1) is 12.7 Å². The van der Waals surface area contributed by atoms with Gasteiger partial charge in [-0.1, -0.05) is 13.8 Å². The van der Waals surface area contributed by atoms with Crippen molar-refractivity contribution in [2.75, 3.05) is 19.7 Å². The number of nitrogens with zero attached hydrogens (tertiary/aromatic N) is 1. The predicted molar refractivity (Wildman–Crippen MR) is 44.6 cm³/mol. The van der Waals surface area contributed by atoms with Gasteiger partial charge >= 0.3 is 0 Å². The van der Waals surface area contributed by atoms with E-state index >= 15 is 0 Å². The lowest BCUT2D eigenvalue weighted by Gasteiger charge is -2.27. The van der Waals surface area contributed by atoms with Gasteiger partial charge in [0.15, 0.2) is 0 Å². The molecule has 2 heterocycles. The molecule has 2 bridgehead atoms. The van der Waals surface area contributed by atoms with Crippen LogP contribution in [0.3, 0.4) is 0 Å². The van der Waals surface area contributed by atoms with E-state index in [9.17, 15) is 0 Å². The minimum atomic E-state index is 0.568. The number of hydrogen-bond acceptors (Lipinski definition) is 2. The minimum Gasteiger partial charge on any atom is -0.375 e. The van der Waals surface area contributed by atoms with Crippen LogP contribution in [0.1, 0.15) is 20.3 Å². The molecule has 0 unspecified atom stereocenters. The molecule has 2 aliphatic rings. The molecule has 2 fully saturated rings. The topological polar surface area (TPSA) is 12.5 Å². The summed E-state index contributed by atoms with van der Waals surface area (Å²) in [4.78, 5) is 2.58. The number of likely N-dealkylation sites (tertiary alicyclic amines) is 1. The van der Waals surface area contributed by atoms with Crippen molar-refractivity contribution in [2.45, 2.75) is 32.4 Å². The van der Waals surface area contributed by atoms with Gasteiger partial charge < -0.3 is 4.74 Å². The monoisotopic (exact) mass is 155 g/mol. The molecule has 2 heteroatoms. The zero-order valence-corrected chi connectivity index (χ0v) is 7.42. The summed E-state index contributed by atoms with van der Waals surface area (Å²) in [5.74, 6) is 0.800. The number of ether oxygens (including phenoxy) is 1. The molecule has 2 nitrogen and oxygen atoms in total. The molecule has 0 aromatic heterocycles. The molecule has 0 saturated carbocycles. The normalized spacial score (nSPS) is 37.4. The summed E-state index contributed by atoms with van der Waals surface area (Å²) in [6.45, 7) is 7.99. The lowest BCUT2D eigenvalue weighted by Crippen LogP contribution is -2.39. The Balaban J connectivity index is 1.87. The molecule has 0 N–H and O–H groups in total. The molecule has 0 spiro atoms. The van der Waals surface area contributed by atoms with Crippen molar-refractivity contribution in [1.82, 2.24) is 4.90 Å². The fourth-order valence-corrected chi connectivity index (χ4v) is 2.17. The van der Waals surface area contributed by atoms with Crippen LogP contribution in [-0.4, -0.2) is 36.7 Å². The highest BCUT2D eigenvalue weighted by Gasteiger charge is 2.38. The van der Waals surface area contributed by atoms with Crippen LogP contribution < -0.4 is 0 Å². The fraction of sp³-hybridized carbons (Fsp3) is 1.00. The quantitative estimate of drug-likeness (QED) is 0.592. The second-order valence-electron chi connectivity index (χ2n) is 4.19. The predicted octanol–water partition coefficient (Wildman–Crippen LogP) is 1.12. The number of hydrogen-bond donors (Lipinski definition) is 0. The maximum absolute atomic E-state index is 5.52. The van der Waals surface area contributed by atoms with E-state index in [2.05, 4.69) is 18.7 Å². The largest absolute Gasteiger partial charge is 0.375 e. The first kappa shape index (κ1) is 7.56. The van der Waals surface area contributed by atoms with E-state index in [1.165, 1.54) is 19.5 Å². The molecule has 0 aromatic carbocycles. The highest BCUT2D eigenvalue weighted by Crippen LogP contribution is 2.27. The molecule has 2 atom stereocenters. The van der Waals surface area contributed by atoms with E-state index in [1.54, 1.807) is 0 Å². The van der Waals surface area contributed by atoms with Gasteiger partial charge in [0, 0.05) is 19.1 Å². The van der Waals surface area contributed by atoms with E-state index in [1.807, 2.05) is 0 Å². The van der Waals surface area contributed by atoms with Gasteiger partial charge in [-0.15, -0.1) is 0 Å². The molecule has 0 aliphatic carbocycles. The zero-order valence-electron chi connectivity index (χ0n) is 7.42. The molecule has 0 aromatic rings. The third kappa shape index (κ3) is 1.42. The summed E-state index contributed by atoms with van der Waals surface area (Å²) in [5.41, 5.74) is 0. The SMILES string of the molecule is CC(C)CN1C[C@H]2C[C@@H]1CO2. The first-order valence-electron chi connectivity index (χ1n) is 4.61.